The van der Waals surface area contributed by atoms with Gasteiger partial charge in [-0.1, -0.05) is 36.4 Å². The molecular weight excluding hydrogens is 470 g/mol. The van der Waals surface area contributed by atoms with Crippen molar-refractivity contribution in [3.05, 3.63) is 59.7 Å². The Bertz CT molecular complexity index is 1040. The Morgan fingerprint density at radius 2 is 1.78 bits per heavy atom. The zero-order chi connectivity index (χ0) is 26.4. The molecule has 2 aliphatic rings. The van der Waals surface area contributed by atoms with Gasteiger partial charge in [0.1, 0.15) is 11.5 Å². The van der Waals surface area contributed by atoms with Crippen LogP contribution in [0.3, 0.4) is 0 Å². The van der Waals surface area contributed by atoms with Crippen LogP contribution in [-0.4, -0.2) is 78.1 Å². The number of carbonyl (C=O) groups is 1. The van der Waals surface area contributed by atoms with Crippen molar-refractivity contribution in [1.29, 1.82) is 0 Å². The monoisotopic (exact) mass is 511 g/mol. The summed E-state index contributed by atoms with van der Waals surface area (Å²) in [6, 6.07) is 15.0. The quantitative estimate of drug-likeness (QED) is 0.444. The number of benzene rings is 2. The second-order valence-corrected chi connectivity index (χ2v) is 10.4. The van der Waals surface area contributed by atoms with E-state index in [1.807, 2.05) is 60.4 Å². The molecule has 2 aliphatic heterocycles. The zero-order valence-electron chi connectivity index (χ0n) is 22.0. The zero-order valence-corrected chi connectivity index (χ0v) is 22.0. The molecule has 0 spiro atoms. The molecule has 0 aromatic heterocycles. The van der Waals surface area contributed by atoms with Crippen LogP contribution in [0.15, 0.2) is 48.5 Å². The summed E-state index contributed by atoms with van der Waals surface area (Å²) in [5.74, 6) is 1.21. The highest BCUT2D eigenvalue weighted by Gasteiger charge is 2.44. The summed E-state index contributed by atoms with van der Waals surface area (Å²) in [4.78, 5) is 16.7. The first-order valence-electron chi connectivity index (χ1n) is 13.3. The largest absolute Gasteiger partial charge is 0.457 e. The molecule has 2 heterocycles. The number of ether oxygens (including phenoxy) is 2. The molecule has 2 saturated heterocycles. The lowest BCUT2D eigenvalue weighted by Crippen LogP contribution is -2.51. The van der Waals surface area contributed by atoms with E-state index in [4.69, 9.17) is 15.2 Å². The number of β-amino-alcohol motifs (C(OH)–C–C–N with tert-alkyl or cyclic N) is 1. The van der Waals surface area contributed by atoms with Gasteiger partial charge in [0.2, 0.25) is 0 Å². The van der Waals surface area contributed by atoms with Crippen molar-refractivity contribution in [1.82, 2.24) is 9.80 Å². The normalized spacial score (nSPS) is 23.6. The van der Waals surface area contributed by atoms with Gasteiger partial charge in [-0.3, -0.25) is 0 Å². The molecule has 0 aliphatic carbocycles. The van der Waals surface area contributed by atoms with E-state index in [1.54, 1.807) is 12.0 Å². The van der Waals surface area contributed by atoms with Crippen molar-refractivity contribution in [2.75, 3.05) is 39.9 Å². The molecule has 2 aromatic carbocycles. The number of hydrogen-bond donors (Lipinski definition) is 3. The molecule has 0 bridgehead atoms. The highest BCUT2D eigenvalue weighted by molar-refractivity contribution is 5.75. The molecule has 4 atom stereocenters. The van der Waals surface area contributed by atoms with Gasteiger partial charge in [0.25, 0.3) is 0 Å². The number of para-hydroxylation sites is 2. The lowest BCUT2D eigenvalue weighted by atomic mass is 9.73. The number of nitrogens with zero attached hydrogens (tertiary/aromatic N) is 2. The summed E-state index contributed by atoms with van der Waals surface area (Å²) < 4.78 is 11.6. The molecule has 1 unspecified atom stereocenters. The molecule has 37 heavy (non-hydrogen) atoms. The second-order valence-electron chi connectivity index (χ2n) is 10.4. The Morgan fingerprint density at radius 3 is 2.49 bits per heavy atom. The van der Waals surface area contributed by atoms with Crippen LogP contribution in [0.1, 0.15) is 43.2 Å². The number of hydrogen-bond acceptors (Lipinski definition) is 6. The lowest BCUT2D eigenvalue weighted by molar-refractivity contribution is -0.0587. The van der Waals surface area contributed by atoms with E-state index in [0.717, 1.165) is 42.6 Å². The van der Waals surface area contributed by atoms with Crippen molar-refractivity contribution in [2.45, 2.75) is 56.8 Å². The van der Waals surface area contributed by atoms with Gasteiger partial charge in [-0.25, -0.2) is 4.79 Å². The fourth-order valence-corrected chi connectivity index (χ4v) is 5.61. The molecule has 4 N–H and O–H groups in total. The summed E-state index contributed by atoms with van der Waals surface area (Å²) in [6.45, 7) is 4.27. The van der Waals surface area contributed by atoms with Crippen LogP contribution < -0.4 is 10.5 Å². The van der Waals surface area contributed by atoms with Crippen molar-refractivity contribution in [2.24, 2.45) is 11.7 Å². The van der Waals surface area contributed by atoms with Crippen LogP contribution in [-0.2, 0) is 10.3 Å². The van der Waals surface area contributed by atoms with E-state index in [-0.39, 0.29) is 18.5 Å². The van der Waals surface area contributed by atoms with Crippen molar-refractivity contribution < 1.29 is 24.5 Å². The summed E-state index contributed by atoms with van der Waals surface area (Å²) in [5, 5.41) is 22.5. The minimum Gasteiger partial charge on any atom is -0.457 e. The van der Waals surface area contributed by atoms with E-state index in [9.17, 15) is 15.0 Å². The lowest BCUT2D eigenvalue weighted by Gasteiger charge is -2.44. The van der Waals surface area contributed by atoms with E-state index >= 15 is 0 Å². The fourth-order valence-electron chi connectivity index (χ4n) is 5.61. The van der Waals surface area contributed by atoms with Gasteiger partial charge in [0.15, 0.2) is 0 Å². The van der Waals surface area contributed by atoms with E-state index in [1.165, 1.54) is 0 Å². The molecule has 4 rings (SSSR count). The number of carbonyl (C=O) groups excluding carboxylic acids is 1. The predicted octanol–water partition coefficient (Wildman–Crippen LogP) is 3.63. The van der Waals surface area contributed by atoms with E-state index in [0.29, 0.717) is 38.4 Å². The predicted molar refractivity (Wildman–Crippen MR) is 143 cm³/mol. The Morgan fingerprint density at radius 1 is 1.05 bits per heavy atom. The van der Waals surface area contributed by atoms with E-state index in [2.05, 4.69) is 0 Å². The third kappa shape index (κ3) is 6.26. The summed E-state index contributed by atoms with van der Waals surface area (Å²) in [7, 11) is 1.68. The summed E-state index contributed by atoms with van der Waals surface area (Å²) >= 11 is 0. The van der Waals surface area contributed by atoms with Gasteiger partial charge in [-0.05, 0) is 56.7 Å². The van der Waals surface area contributed by atoms with Gasteiger partial charge in [0.05, 0.1) is 11.7 Å². The number of likely N-dealkylation sites (tertiary alicyclic amines) is 2. The van der Waals surface area contributed by atoms with Gasteiger partial charge < -0.3 is 35.2 Å². The first-order chi connectivity index (χ1) is 17.8. The maximum atomic E-state index is 13.3. The minimum absolute atomic E-state index is 0.122. The summed E-state index contributed by atoms with van der Waals surface area (Å²) in [6.07, 6.45) is 3.03. The molecule has 0 radical (unpaired) electrons. The Labute approximate surface area is 220 Å². The molecule has 2 amide bonds. The van der Waals surface area contributed by atoms with Gasteiger partial charge in [-0.15, -0.1) is 0 Å². The maximum absolute atomic E-state index is 13.3. The molecular formula is C29H41N3O5. The Kier molecular flexibility index (Phi) is 9.08. The Balaban J connectivity index is 1.61. The standard InChI is InChI=1S/C29H41N3O5/c1-21-10-3-5-13-26(21)37-27-14-6-4-12-23(27)29(35,15-7-8-17-36-2)22-11-9-16-31(18-22)28(34)32-19-24(30)25(33)20-32/h3-6,10,12-14,22,24-25,33,35H,7-9,11,15-20,30H2,1-2H3/t22?,24-,25-,29+/m1/s1. The number of aliphatic hydroxyl groups excluding tert-OH is 1. The van der Waals surface area contributed by atoms with Gasteiger partial charge in [0, 0.05) is 57.4 Å². The first-order valence-corrected chi connectivity index (χ1v) is 13.3. The number of urea groups is 1. The average Bonchev–Trinajstić information content (AvgIpc) is 3.25. The SMILES string of the molecule is COCCCC[C@@](O)(c1ccccc1Oc1ccccc1C)C1CCCN(C(=O)N2C[C@@H](N)[C@H](O)C2)C1. The first kappa shape index (κ1) is 27.4. The van der Waals surface area contributed by atoms with Crippen LogP contribution >= 0.6 is 0 Å². The topological polar surface area (TPSA) is 108 Å². The summed E-state index contributed by atoms with van der Waals surface area (Å²) in [5.41, 5.74) is 6.52. The number of unbranched alkanes of at least 4 members (excludes halogenated alkanes) is 1. The number of aliphatic hydroxyl groups is 2. The maximum Gasteiger partial charge on any atom is 0.320 e. The van der Waals surface area contributed by atoms with Crippen molar-refractivity contribution >= 4 is 6.03 Å². The molecule has 8 nitrogen and oxygen atoms in total. The molecule has 202 valence electrons. The number of amides is 2. The van der Waals surface area contributed by atoms with Gasteiger partial charge >= 0.3 is 6.03 Å². The number of piperidine rings is 1. The van der Waals surface area contributed by atoms with Crippen molar-refractivity contribution in [3.8, 4) is 11.5 Å². The van der Waals surface area contributed by atoms with Crippen LogP contribution in [0.25, 0.3) is 0 Å². The molecule has 0 saturated carbocycles. The molecule has 2 fully saturated rings. The highest BCUT2D eigenvalue weighted by Crippen LogP contribution is 2.44. The van der Waals surface area contributed by atoms with Crippen LogP contribution in [0.5, 0.6) is 11.5 Å². The molecule has 2 aromatic rings. The number of rotatable bonds is 9. The second kappa shape index (κ2) is 12.3. The van der Waals surface area contributed by atoms with E-state index < -0.39 is 17.7 Å². The van der Waals surface area contributed by atoms with Gasteiger partial charge in [-0.2, -0.15) is 0 Å². The average molecular weight is 512 g/mol. The third-order valence-corrected chi connectivity index (χ3v) is 7.79. The van der Waals surface area contributed by atoms with Crippen LogP contribution in [0.2, 0.25) is 0 Å². The third-order valence-electron chi connectivity index (χ3n) is 7.79. The highest BCUT2D eigenvalue weighted by atomic mass is 16.5. The van der Waals surface area contributed by atoms with Crippen molar-refractivity contribution in [3.63, 3.8) is 0 Å². The van der Waals surface area contributed by atoms with Crippen LogP contribution in [0.4, 0.5) is 4.79 Å². The van der Waals surface area contributed by atoms with Crippen LogP contribution in [0, 0.1) is 12.8 Å². The molecule has 8 heteroatoms. The minimum atomic E-state index is -1.19. The Hall–Kier alpha value is -2.65. The fraction of sp³-hybridized carbons (Fsp3) is 0.552. The smallest absolute Gasteiger partial charge is 0.320 e. The number of aryl methyl sites for hydroxylation is 1. The number of nitrogens with two attached hydrogens (primary N) is 1. The number of methoxy groups -OCH3 is 1.